The molecule has 0 unspecified atom stereocenters. The Balaban J connectivity index is 3.46. The molecule has 2 N–H and O–H groups in total. The Bertz CT molecular complexity index is 565. The van der Waals surface area contributed by atoms with Gasteiger partial charge in [0.05, 0.1) is 5.69 Å². The van der Waals surface area contributed by atoms with Crippen LogP contribution in [-0.4, -0.2) is 24.7 Å². The highest BCUT2D eigenvalue weighted by atomic mass is 32.2. The van der Waals surface area contributed by atoms with Crippen LogP contribution in [-0.2, 0) is 14.8 Å². The van der Waals surface area contributed by atoms with Crippen LogP contribution >= 0.6 is 0 Å². The lowest BCUT2D eigenvalue weighted by Gasteiger charge is -2.25. The van der Waals surface area contributed by atoms with Crippen molar-refractivity contribution in [2.45, 2.75) is 38.6 Å². The molecule has 0 aromatic heterocycles. The van der Waals surface area contributed by atoms with Crippen LogP contribution < -0.4 is 5.73 Å². The van der Waals surface area contributed by atoms with Crippen LogP contribution in [0.25, 0.3) is 0 Å². The van der Waals surface area contributed by atoms with Gasteiger partial charge in [0.1, 0.15) is 4.90 Å². The second kappa shape index (κ2) is 4.97. The van der Waals surface area contributed by atoms with Crippen LogP contribution in [0.2, 0.25) is 0 Å². The van der Waals surface area contributed by atoms with Gasteiger partial charge in [-0.05, 0) is 32.4 Å². The second-order valence-corrected chi connectivity index (χ2v) is 6.18. The van der Waals surface area contributed by atoms with Gasteiger partial charge in [0.25, 0.3) is 10.0 Å². The lowest BCUT2D eigenvalue weighted by molar-refractivity contribution is -0.125. The molecule has 1 rings (SSSR count). The van der Waals surface area contributed by atoms with Gasteiger partial charge in [-0.25, -0.2) is 12.7 Å². The number of nitrogen functional groups attached to an aromatic ring is 1. The predicted octanol–water partition coefficient (Wildman–Crippen LogP) is 1.52. The molecule has 0 bridgehead atoms. The Hall–Kier alpha value is -1.56. The molecule has 0 spiro atoms. The summed E-state index contributed by atoms with van der Waals surface area (Å²) in [7, 11) is -3.89. The first-order valence-electron chi connectivity index (χ1n) is 5.59. The fourth-order valence-electron chi connectivity index (χ4n) is 1.80. The van der Waals surface area contributed by atoms with E-state index in [0.717, 1.165) is 4.31 Å². The number of rotatable bonds is 3. The van der Waals surface area contributed by atoms with E-state index in [0.29, 0.717) is 5.56 Å². The van der Waals surface area contributed by atoms with E-state index in [2.05, 4.69) is 0 Å². The van der Waals surface area contributed by atoms with E-state index in [1.165, 1.54) is 13.0 Å². The zero-order valence-corrected chi connectivity index (χ0v) is 11.8. The third kappa shape index (κ3) is 2.48. The minimum absolute atomic E-state index is 0.0219. The van der Waals surface area contributed by atoms with Crippen LogP contribution in [0.3, 0.4) is 0 Å². The molecule has 0 radical (unpaired) electrons. The maximum absolute atomic E-state index is 12.4. The fourth-order valence-corrected chi connectivity index (χ4v) is 3.59. The summed E-state index contributed by atoms with van der Waals surface area (Å²) in [6.45, 7) is 6.24. The van der Waals surface area contributed by atoms with Crippen molar-refractivity contribution in [2.75, 3.05) is 5.73 Å². The standard InChI is InChI=1S/C12H18N2O3S/c1-8(2)14(10(4)15)18(16,17)11-7-5-6-9(3)12(11)13/h5-8H,13H2,1-4H3. The molecule has 18 heavy (non-hydrogen) atoms. The van der Waals surface area contributed by atoms with Gasteiger partial charge < -0.3 is 5.73 Å². The fraction of sp³-hybridized carbons (Fsp3) is 0.417. The number of sulfonamides is 1. The molecule has 1 aromatic rings. The largest absolute Gasteiger partial charge is 0.397 e. The lowest BCUT2D eigenvalue weighted by atomic mass is 10.2. The molecular weight excluding hydrogens is 252 g/mol. The number of hydrogen-bond donors (Lipinski definition) is 1. The van der Waals surface area contributed by atoms with E-state index < -0.39 is 22.0 Å². The molecule has 5 nitrogen and oxygen atoms in total. The Kier molecular flexibility index (Phi) is 4.01. The zero-order chi connectivity index (χ0) is 14.1. The molecule has 0 aliphatic rings. The highest BCUT2D eigenvalue weighted by Crippen LogP contribution is 2.26. The Morgan fingerprint density at radius 3 is 2.33 bits per heavy atom. The van der Waals surface area contributed by atoms with Crippen LogP contribution in [0.5, 0.6) is 0 Å². The first-order chi connectivity index (χ1) is 8.19. The van der Waals surface area contributed by atoms with Crippen LogP contribution in [0.4, 0.5) is 5.69 Å². The maximum Gasteiger partial charge on any atom is 0.268 e. The third-order valence-corrected chi connectivity index (χ3v) is 4.71. The first-order valence-corrected chi connectivity index (χ1v) is 7.03. The summed E-state index contributed by atoms with van der Waals surface area (Å²) in [4.78, 5) is 11.5. The number of amides is 1. The van der Waals surface area contributed by atoms with Gasteiger partial charge in [-0.1, -0.05) is 12.1 Å². The number of aryl methyl sites for hydroxylation is 1. The van der Waals surface area contributed by atoms with Crippen molar-refractivity contribution in [2.24, 2.45) is 0 Å². The third-order valence-electron chi connectivity index (χ3n) is 2.60. The monoisotopic (exact) mass is 270 g/mol. The smallest absolute Gasteiger partial charge is 0.268 e. The van der Waals surface area contributed by atoms with Crippen LogP contribution in [0.15, 0.2) is 23.1 Å². The number of carbonyl (C=O) groups excluding carboxylic acids is 1. The molecule has 0 fully saturated rings. The van der Waals surface area contributed by atoms with Crippen molar-refractivity contribution >= 4 is 21.6 Å². The molecule has 1 aromatic carbocycles. The van der Waals surface area contributed by atoms with Crippen molar-refractivity contribution in [3.05, 3.63) is 23.8 Å². The Morgan fingerprint density at radius 1 is 1.33 bits per heavy atom. The SMILES string of the molecule is CC(=O)N(C(C)C)S(=O)(=O)c1cccc(C)c1N. The molecule has 0 saturated carbocycles. The van der Waals surface area contributed by atoms with E-state index in [1.54, 1.807) is 32.9 Å². The normalized spacial score (nSPS) is 11.6. The minimum Gasteiger partial charge on any atom is -0.397 e. The van der Waals surface area contributed by atoms with Gasteiger partial charge in [0.2, 0.25) is 5.91 Å². The highest BCUT2D eigenvalue weighted by Gasteiger charge is 2.31. The quantitative estimate of drug-likeness (QED) is 0.844. The lowest BCUT2D eigenvalue weighted by Crippen LogP contribution is -2.40. The van der Waals surface area contributed by atoms with Crippen LogP contribution in [0, 0.1) is 6.92 Å². The molecule has 100 valence electrons. The molecule has 0 atom stereocenters. The zero-order valence-electron chi connectivity index (χ0n) is 11.0. The predicted molar refractivity (Wildman–Crippen MR) is 70.4 cm³/mol. The topological polar surface area (TPSA) is 80.5 Å². The van der Waals surface area contributed by atoms with Crippen LogP contribution in [0.1, 0.15) is 26.3 Å². The van der Waals surface area contributed by atoms with E-state index in [9.17, 15) is 13.2 Å². The minimum atomic E-state index is -3.89. The second-order valence-electron chi connectivity index (χ2n) is 4.40. The Labute approximate surface area is 108 Å². The van der Waals surface area contributed by atoms with E-state index in [4.69, 9.17) is 5.73 Å². The highest BCUT2D eigenvalue weighted by molar-refractivity contribution is 7.89. The molecular formula is C12H18N2O3S. The summed E-state index contributed by atoms with van der Waals surface area (Å²) in [6, 6.07) is 4.29. The number of hydrogen-bond acceptors (Lipinski definition) is 4. The molecule has 0 heterocycles. The van der Waals surface area contributed by atoms with Crippen molar-refractivity contribution < 1.29 is 13.2 Å². The number of anilines is 1. The number of para-hydroxylation sites is 1. The number of nitrogens with two attached hydrogens (primary N) is 1. The first kappa shape index (κ1) is 14.5. The summed E-state index contributed by atoms with van der Waals surface area (Å²) < 4.78 is 25.7. The molecule has 1 amide bonds. The van der Waals surface area contributed by atoms with E-state index in [-0.39, 0.29) is 10.6 Å². The molecule has 0 aliphatic carbocycles. The molecule has 0 aliphatic heterocycles. The van der Waals surface area contributed by atoms with Gasteiger partial charge in [-0.15, -0.1) is 0 Å². The van der Waals surface area contributed by atoms with Gasteiger partial charge in [-0.3, -0.25) is 4.79 Å². The van der Waals surface area contributed by atoms with Gasteiger partial charge in [-0.2, -0.15) is 0 Å². The van der Waals surface area contributed by atoms with E-state index in [1.807, 2.05) is 0 Å². The average Bonchev–Trinajstić information content (AvgIpc) is 2.19. The summed E-state index contributed by atoms with van der Waals surface area (Å²) in [5.74, 6) is -0.522. The summed E-state index contributed by atoms with van der Waals surface area (Å²) in [5.41, 5.74) is 6.64. The van der Waals surface area contributed by atoms with Crippen molar-refractivity contribution in [1.29, 1.82) is 0 Å². The van der Waals surface area contributed by atoms with Crippen molar-refractivity contribution in [3.8, 4) is 0 Å². The average molecular weight is 270 g/mol. The number of benzene rings is 1. The summed E-state index contributed by atoms with van der Waals surface area (Å²) >= 11 is 0. The van der Waals surface area contributed by atoms with Gasteiger partial charge >= 0.3 is 0 Å². The molecule has 0 saturated heterocycles. The van der Waals surface area contributed by atoms with Gasteiger partial charge in [0, 0.05) is 13.0 Å². The summed E-state index contributed by atoms with van der Waals surface area (Å²) in [5, 5.41) is 0. The Morgan fingerprint density at radius 2 is 1.89 bits per heavy atom. The van der Waals surface area contributed by atoms with Gasteiger partial charge in [0.15, 0.2) is 0 Å². The number of nitrogens with zero attached hydrogens (tertiary/aromatic N) is 1. The summed E-state index contributed by atoms with van der Waals surface area (Å²) in [6.07, 6.45) is 0. The number of carbonyl (C=O) groups is 1. The van der Waals surface area contributed by atoms with E-state index >= 15 is 0 Å². The van der Waals surface area contributed by atoms with Crippen molar-refractivity contribution in [3.63, 3.8) is 0 Å². The van der Waals surface area contributed by atoms with Crippen molar-refractivity contribution in [1.82, 2.24) is 4.31 Å². The molecule has 6 heteroatoms. The maximum atomic E-state index is 12.4.